The summed E-state index contributed by atoms with van der Waals surface area (Å²) in [5.41, 5.74) is 4.05. The van der Waals surface area contributed by atoms with E-state index in [0.717, 1.165) is 19.5 Å². The number of aryl methyl sites for hydroxylation is 1. The maximum Gasteiger partial charge on any atom is 0.217 e. The average molecular weight is 260 g/mol. The third-order valence-electron chi connectivity index (χ3n) is 3.84. The van der Waals surface area contributed by atoms with Crippen molar-refractivity contribution in [3.05, 3.63) is 29.3 Å². The lowest BCUT2D eigenvalue weighted by Crippen LogP contribution is -2.35. The molecule has 0 aliphatic carbocycles. The van der Waals surface area contributed by atoms with E-state index in [4.69, 9.17) is 0 Å². The Hall–Kier alpha value is -1.51. The van der Waals surface area contributed by atoms with Gasteiger partial charge in [-0.3, -0.25) is 4.79 Å². The van der Waals surface area contributed by atoms with Gasteiger partial charge in [0, 0.05) is 31.7 Å². The number of amides is 1. The Morgan fingerprint density at radius 1 is 1.42 bits per heavy atom. The first kappa shape index (κ1) is 13.9. The number of nitrogens with zero attached hydrogens (tertiary/aromatic N) is 1. The number of carbonyl (C=O) groups excluding carboxylic acids is 1. The highest BCUT2D eigenvalue weighted by Gasteiger charge is 2.23. The Labute approximate surface area is 116 Å². The molecule has 1 aliphatic heterocycles. The van der Waals surface area contributed by atoms with E-state index in [1.54, 1.807) is 6.92 Å². The first-order valence-corrected chi connectivity index (χ1v) is 7.10. The van der Waals surface area contributed by atoms with Crippen molar-refractivity contribution in [2.24, 2.45) is 0 Å². The second kappa shape index (κ2) is 5.64. The van der Waals surface area contributed by atoms with Crippen LogP contribution in [0.5, 0.6) is 0 Å². The number of benzene rings is 1. The van der Waals surface area contributed by atoms with E-state index in [9.17, 15) is 4.79 Å². The molecule has 1 heterocycles. The summed E-state index contributed by atoms with van der Waals surface area (Å²) in [6.45, 7) is 10.2. The van der Waals surface area contributed by atoms with Crippen LogP contribution < -0.4 is 10.2 Å². The zero-order chi connectivity index (χ0) is 14.0. The number of carbonyl (C=O) groups is 1. The molecule has 3 heteroatoms. The average Bonchev–Trinajstić information content (AvgIpc) is 2.75. The molecule has 1 aromatic rings. The fourth-order valence-electron chi connectivity index (χ4n) is 2.90. The number of rotatable bonds is 3. The van der Waals surface area contributed by atoms with E-state index in [2.05, 4.69) is 49.2 Å². The van der Waals surface area contributed by atoms with Gasteiger partial charge in [-0.1, -0.05) is 19.9 Å². The third-order valence-corrected chi connectivity index (χ3v) is 3.84. The maximum atomic E-state index is 11.1. The molecule has 104 valence electrons. The largest absolute Gasteiger partial charge is 0.369 e. The van der Waals surface area contributed by atoms with Crippen LogP contribution in [0.3, 0.4) is 0 Å². The van der Waals surface area contributed by atoms with Crippen LogP contribution in [0.15, 0.2) is 18.2 Å². The summed E-state index contributed by atoms with van der Waals surface area (Å²) in [6.07, 6.45) is 1.03. The van der Waals surface area contributed by atoms with Crippen LogP contribution in [0, 0.1) is 6.92 Å². The van der Waals surface area contributed by atoms with Crippen LogP contribution in [-0.2, 0) is 4.79 Å². The standard InChI is InChI=1S/C16H24N2O/c1-11(2)16-6-5-15(9-12(16)3)18-8-7-14(10-18)17-13(4)19/h5-6,9,11,14H,7-8,10H2,1-4H3,(H,17,19). The van der Waals surface area contributed by atoms with E-state index < -0.39 is 0 Å². The van der Waals surface area contributed by atoms with Crippen LogP contribution in [0.1, 0.15) is 44.2 Å². The normalized spacial score (nSPS) is 19.0. The Bertz CT molecular complexity index is 468. The predicted molar refractivity (Wildman–Crippen MR) is 79.7 cm³/mol. The number of nitrogens with one attached hydrogen (secondary N) is 1. The molecule has 0 radical (unpaired) electrons. The van der Waals surface area contributed by atoms with Crippen molar-refractivity contribution in [3.63, 3.8) is 0 Å². The van der Waals surface area contributed by atoms with Gasteiger partial charge in [0.05, 0.1) is 0 Å². The monoisotopic (exact) mass is 260 g/mol. The molecule has 1 fully saturated rings. The minimum absolute atomic E-state index is 0.0678. The highest BCUT2D eigenvalue weighted by atomic mass is 16.1. The summed E-state index contributed by atoms with van der Waals surface area (Å²) in [5.74, 6) is 0.637. The van der Waals surface area contributed by atoms with Crippen LogP contribution >= 0.6 is 0 Å². The zero-order valence-electron chi connectivity index (χ0n) is 12.4. The van der Waals surface area contributed by atoms with Gasteiger partial charge < -0.3 is 10.2 Å². The van der Waals surface area contributed by atoms with Crippen LogP contribution in [0.2, 0.25) is 0 Å². The lowest BCUT2D eigenvalue weighted by atomic mass is 9.97. The fraction of sp³-hybridized carbons (Fsp3) is 0.562. The number of hydrogen-bond acceptors (Lipinski definition) is 2. The van der Waals surface area contributed by atoms with Crippen molar-refractivity contribution in [3.8, 4) is 0 Å². The number of hydrogen-bond donors (Lipinski definition) is 1. The Morgan fingerprint density at radius 2 is 2.16 bits per heavy atom. The first-order valence-electron chi connectivity index (χ1n) is 7.10. The molecule has 1 N–H and O–H groups in total. The van der Waals surface area contributed by atoms with Crippen molar-refractivity contribution in [1.82, 2.24) is 5.32 Å². The molecule has 1 aliphatic rings. The molecular weight excluding hydrogens is 236 g/mol. The molecule has 1 unspecified atom stereocenters. The van der Waals surface area contributed by atoms with Gasteiger partial charge in [0.1, 0.15) is 0 Å². The molecule has 1 amide bonds. The summed E-state index contributed by atoms with van der Waals surface area (Å²) in [6, 6.07) is 7.01. The van der Waals surface area contributed by atoms with E-state index in [0.29, 0.717) is 12.0 Å². The predicted octanol–water partition coefficient (Wildman–Crippen LogP) is 2.83. The van der Waals surface area contributed by atoms with E-state index in [1.165, 1.54) is 16.8 Å². The molecule has 0 spiro atoms. The zero-order valence-corrected chi connectivity index (χ0v) is 12.4. The maximum absolute atomic E-state index is 11.1. The molecule has 0 bridgehead atoms. The molecule has 0 aromatic heterocycles. The van der Waals surface area contributed by atoms with Crippen molar-refractivity contribution in [2.75, 3.05) is 18.0 Å². The van der Waals surface area contributed by atoms with Gasteiger partial charge in [-0.05, 0) is 42.5 Å². The quantitative estimate of drug-likeness (QED) is 0.906. The topological polar surface area (TPSA) is 32.3 Å². The van der Waals surface area contributed by atoms with E-state index in [1.807, 2.05) is 0 Å². The molecule has 1 atom stereocenters. The SMILES string of the molecule is CC(=O)NC1CCN(c2ccc(C(C)C)c(C)c2)C1. The van der Waals surface area contributed by atoms with E-state index >= 15 is 0 Å². The highest BCUT2D eigenvalue weighted by Crippen LogP contribution is 2.26. The van der Waals surface area contributed by atoms with Crippen LogP contribution in [0.4, 0.5) is 5.69 Å². The van der Waals surface area contributed by atoms with Crippen molar-refractivity contribution >= 4 is 11.6 Å². The minimum Gasteiger partial charge on any atom is -0.369 e. The summed E-state index contributed by atoms with van der Waals surface area (Å²) in [4.78, 5) is 13.4. The van der Waals surface area contributed by atoms with Gasteiger partial charge in [0.2, 0.25) is 5.91 Å². The van der Waals surface area contributed by atoms with Crippen LogP contribution in [-0.4, -0.2) is 25.0 Å². The van der Waals surface area contributed by atoms with Crippen LogP contribution in [0.25, 0.3) is 0 Å². The molecule has 1 aromatic carbocycles. The Balaban J connectivity index is 2.07. The van der Waals surface area contributed by atoms with Crippen molar-refractivity contribution in [2.45, 2.75) is 46.1 Å². The summed E-state index contributed by atoms with van der Waals surface area (Å²) >= 11 is 0. The molecule has 2 rings (SSSR count). The Morgan fingerprint density at radius 3 is 2.74 bits per heavy atom. The van der Waals surface area contributed by atoms with Gasteiger partial charge in [-0.2, -0.15) is 0 Å². The molecule has 0 saturated carbocycles. The molecule has 1 saturated heterocycles. The Kier molecular flexibility index (Phi) is 4.13. The summed E-state index contributed by atoms with van der Waals surface area (Å²) in [7, 11) is 0. The lowest BCUT2D eigenvalue weighted by Gasteiger charge is -2.21. The van der Waals surface area contributed by atoms with Crippen molar-refractivity contribution < 1.29 is 4.79 Å². The third kappa shape index (κ3) is 3.28. The summed E-state index contributed by atoms with van der Waals surface area (Å²) < 4.78 is 0. The highest BCUT2D eigenvalue weighted by molar-refractivity contribution is 5.73. The minimum atomic E-state index is 0.0678. The lowest BCUT2D eigenvalue weighted by molar-refractivity contribution is -0.119. The van der Waals surface area contributed by atoms with Gasteiger partial charge in [-0.15, -0.1) is 0 Å². The fourth-order valence-corrected chi connectivity index (χ4v) is 2.90. The molecule has 19 heavy (non-hydrogen) atoms. The molecular formula is C16H24N2O. The number of anilines is 1. The second-order valence-corrected chi connectivity index (χ2v) is 5.83. The van der Waals surface area contributed by atoms with Gasteiger partial charge in [0.25, 0.3) is 0 Å². The van der Waals surface area contributed by atoms with Crippen molar-refractivity contribution in [1.29, 1.82) is 0 Å². The van der Waals surface area contributed by atoms with E-state index in [-0.39, 0.29) is 5.91 Å². The van der Waals surface area contributed by atoms with Gasteiger partial charge in [-0.25, -0.2) is 0 Å². The second-order valence-electron chi connectivity index (χ2n) is 5.83. The smallest absolute Gasteiger partial charge is 0.217 e. The molecule has 3 nitrogen and oxygen atoms in total. The summed E-state index contributed by atoms with van der Waals surface area (Å²) in [5, 5.41) is 3.01. The van der Waals surface area contributed by atoms with Gasteiger partial charge >= 0.3 is 0 Å². The first-order chi connectivity index (χ1) is 8.97. The van der Waals surface area contributed by atoms with Gasteiger partial charge in [0.15, 0.2) is 0 Å².